The number of nitrogens with zero attached hydrogens (tertiary/aromatic N) is 1. The van der Waals surface area contributed by atoms with Gasteiger partial charge in [0.1, 0.15) is 11.6 Å². The predicted molar refractivity (Wildman–Crippen MR) is 85.3 cm³/mol. The van der Waals surface area contributed by atoms with Crippen molar-refractivity contribution in [3.8, 4) is 11.3 Å². The molecule has 114 valence electrons. The van der Waals surface area contributed by atoms with E-state index in [9.17, 15) is 4.39 Å². The minimum atomic E-state index is -0.509. The summed E-state index contributed by atoms with van der Waals surface area (Å²) in [7, 11) is 0. The Morgan fingerprint density at radius 1 is 1.29 bits per heavy atom. The topological polar surface area (TPSA) is 54.7 Å². The number of aromatic nitrogens is 2. The summed E-state index contributed by atoms with van der Waals surface area (Å²) in [5, 5.41) is 0.382. The third kappa shape index (κ3) is 3.76. The first-order chi connectivity index (χ1) is 9.92. The lowest BCUT2D eigenvalue weighted by atomic mass is 9.97. The summed E-state index contributed by atoms with van der Waals surface area (Å²) in [6.07, 6.45) is 2.58. The van der Waals surface area contributed by atoms with Crippen LogP contribution in [0.5, 0.6) is 0 Å². The van der Waals surface area contributed by atoms with E-state index < -0.39 is 5.82 Å². The summed E-state index contributed by atoms with van der Waals surface area (Å²) in [5.41, 5.74) is 7.01. The van der Waals surface area contributed by atoms with Gasteiger partial charge >= 0.3 is 0 Å². The van der Waals surface area contributed by atoms with E-state index in [1.807, 2.05) is 0 Å². The van der Waals surface area contributed by atoms with Gasteiger partial charge in [0.15, 0.2) is 0 Å². The number of hydrogen-bond donors (Lipinski definition) is 2. The molecule has 1 aromatic carbocycles. The molecule has 3 N–H and O–H groups in total. The molecule has 0 saturated heterocycles. The fourth-order valence-corrected chi connectivity index (χ4v) is 2.78. The van der Waals surface area contributed by atoms with Gasteiger partial charge in [0.05, 0.1) is 21.9 Å². The SMILES string of the molecule is CC(C)CC(CN)c1ncc(-c2cc(F)c(Cl)cc2Cl)[nH]1. The Balaban J connectivity index is 2.33. The first-order valence-electron chi connectivity index (χ1n) is 6.82. The Morgan fingerprint density at radius 3 is 2.62 bits per heavy atom. The normalized spacial score (nSPS) is 12.9. The Labute approximate surface area is 133 Å². The van der Waals surface area contributed by atoms with Crippen molar-refractivity contribution in [3.63, 3.8) is 0 Å². The van der Waals surface area contributed by atoms with Crippen molar-refractivity contribution in [3.05, 3.63) is 40.0 Å². The fraction of sp³-hybridized carbons (Fsp3) is 0.400. The van der Waals surface area contributed by atoms with Crippen molar-refractivity contribution in [2.24, 2.45) is 11.7 Å². The van der Waals surface area contributed by atoms with Gasteiger partial charge in [-0.25, -0.2) is 9.37 Å². The average Bonchev–Trinajstić information content (AvgIpc) is 2.89. The van der Waals surface area contributed by atoms with Crippen molar-refractivity contribution in [2.75, 3.05) is 6.54 Å². The van der Waals surface area contributed by atoms with Crippen LogP contribution in [0.3, 0.4) is 0 Å². The van der Waals surface area contributed by atoms with Gasteiger partial charge in [0.25, 0.3) is 0 Å². The molecule has 6 heteroatoms. The van der Waals surface area contributed by atoms with Gasteiger partial charge in [-0.15, -0.1) is 0 Å². The zero-order valence-electron chi connectivity index (χ0n) is 12.0. The van der Waals surface area contributed by atoms with E-state index in [2.05, 4.69) is 23.8 Å². The van der Waals surface area contributed by atoms with Crippen molar-refractivity contribution in [1.29, 1.82) is 0 Å². The van der Waals surface area contributed by atoms with Crippen LogP contribution in [0.2, 0.25) is 10.0 Å². The zero-order chi connectivity index (χ0) is 15.6. The van der Waals surface area contributed by atoms with Gasteiger partial charge in [-0.1, -0.05) is 37.0 Å². The summed E-state index contributed by atoms with van der Waals surface area (Å²) in [6.45, 7) is 4.78. The molecule has 0 radical (unpaired) electrons. The van der Waals surface area contributed by atoms with Crippen molar-refractivity contribution in [2.45, 2.75) is 26.2 Å². The Bertz CT molecular complexity index is 625. The molecule has 2 aromatic rings. The van der Waals surface area contributed by atoms with Crippen molar-refractivity contribution < 1.29 is 4.39 Å². The van der Waals surface area contributed by atoms with Crippen LogP contribution in [0.15, 0.2) is 18.3 Å². The number of nitrogens with one attached hydrogen (secondary N) is 1. The Kier molecular flexibility index (Phi) is 5.25. The quantitative estimate of drug-likeness (QED) is 0.787. The predicted octanol–water partition coefficient (Wildman–Crippen LogP) is 4.61. The van der Waals surface area contributed by atoms with E-state index in [0.29, 0.717) is 28.7 Å². The monoisotopic (exact) mass is 329 g/mol. The zero-order valence-corrected chi connectivity index (χ0v) is 13.5. The highest BCUT2D eigenvalue weighted by Gasteiger charge is 2.17. The first kappa shape index (κ1) is 16.3. The molecule has 0 aliphatic rings. The van der Waals surface area contributed by atoms with E-state index in [1.54, 1.807) is 6.20 Å². The highest BCUT2D eigenvalue weighted by molar-refractivity contribution is 6.36. The number of H-pyrrole nitrogens is 1. The largest absolute Gasteiger partial charge is 0.342 e. The van der Waals surface area contributed by atoms with Crippen LogP contribution in [0.1, 0.15) is 32.0 Å². The molecule has 1 aromatic heterocycles. The number of hydrogen-bond acceptors (Lipinski definition) is 2. The highest BCUT2D eigenvalue weighted by atomic mass is 35.5. The summed E-state index contributed by atoms with van der Waals surface area (Å²) < 4.78 is 13.6. The molecule has 0 aliphatic heterocycles. The second kappa shape index (κ2) is 6.77. The van der Waals surface area contributed by atoms with Crippen LogP contribution in [0.25, 0.3) is 11.3 Å². The van der Waals surface area contributed by atoms with E-state index in [4.69, 9.17) is 28.9 Å². The number of imidazole rings is 1. The molecule has 1 heterocycles. The number of aromatic amines is 1. The summed E-state index contributed by atoms with van der Waals surface area (Å²) in [4.78, 5) is 7.55. The maximum atomic E-state index is 13.6. The summed E-state index contributed by atoms with van der Waals surface area (Å²) >= 11 is 11.8. The van der Waals surface area contributed by atoms with E-state index in [1.165, 1.54) is 12.1 Å². The molecule has 0 spiro atoms. The molecule has 2 rings (SSSR count). The lowest BCUT2D eigenvalue weighted by Gasteiger charge is -2.14. The molecule has 0 amide bonds. The number of benzene rings is 1. The van der Waals surface area contributed by atoms with E-state index in [-0.39, 0.29) is 10.9 Å². The lowest BCUT2D eigenvalue weighted by Crippen LogP contribution is -2.15. The molecular formula is C15H18Cl2FN3. The molecule has 0 fully saturated rings. The van der Waals surface area contributed by atoms with Crippen LogP contribution in [0, 0.1) is 11.7 Å². The Morgan fingerprint density at radius 2 is 2.00 bits per heavy atom. The van der Waals surface area contributed by atoms with Gasteiger partial charge in [-0.05, 0) is 24.5 Å². The minimum absolute atomic E-state index is 0.00290. The standard InChI is InChI=1S/C15H18Cl2FN3/c1-8(2)3-9(6-19)15-20-7-14(21-15)10-4-13(18)12(17)5-11(10)16/h4-5,7-9H,3,6,19H2,1-2H3,(H,20,21). The molecule has 3 nitrogen and oxygen atoms in total. The maximum absolute atomic E-state index is 13.6. The van der Waals surface area contributed by atoms with Crippen molar-refractivity contribution in [1.82, 2.24) is 9.97 Å². The number of halogens is 3. The van der Waals surface area contributed by atoms with E-state index in [0.717, 1.165) is 12.2 Å². The maximum Gasteiger partial charge on any atom is 0.142 e. The summed E-state index contributed by atoms with van der Waals surface area (Å²) in [6, 6.07) is 2.70. The minimum Gasteiger partial charge on any atom is -0.342 e. The van der Waals surface area contributed by atoms with Crippen LogP contribution in [0.4, 0.5) is 4.39 Å². The van der Waals surface area contributed by atoms with Crippen LogP contribution < -0.4 is 5.73 Å². The van der Waals surface area contributed by atoms with Crippen LogP contribution >= 0.6 is 23.2 Å². The molecular weight excluding hydrogens is 312 g/mol. The highest BCUT2D eigenvalue weighted by Crippen LogP contribution is 2.32. The third-order valence-electron chi connectivity index (χ3n) is 3.32. The third-order valence-corrected chi connectivity index (χ3v) is 3.93. The molecule has 0 saturated carbocycles. The lowest BCUT2D eigenvalue weighted by molar-refractivity contribution is 0.490. The number of nitrogens with two attached hydrogens (primary N) is 1. The first-order valence-corrected chi connectivity index (χ1v) is 7.57. The van der Waals surface area contributed by atoms with Crippen molar-refractivity contribution >= 4 is 23.2 Å². The van der Waals surface area contributed by atoms with E-state index >= 15 is 0 Å². The van der Waals surface area contributed by atoms with Crippen LogP contribution in [-0.4, -0.2) is 16.5 Å². The molecule has 1 atom stereocenters. The van der Waals surface area contributed by atoms with Gasteiger partial charge in [-0.2, -0.15) is 0 Å². The Hall–Kier alpha value is -1.10. The summed E-state index contributed by atoms with van der Waals surface area (Å²) in [5.74, 6) is 0.954. The molecule has 0 bridgehead atoms. The van der Waals surface area contributed by atoms with Gasteiger partial charge in [0.2, 0.25) is 0 Å². The second-order valence-electron chi connectivity index (χ2n) is 5.49. The smallest absolute Gasteiger partial charge is 0.142 e. The van der Waals surface area contributed by atoms with Crippen LogP contribution in [-0.2, 0) is 0 Å². The fourth-order valence-electron chi connectivity index (χ4n) is 2.30. The van der Waals surface area contributed by atoms with Gasteiger partial charge in [0, 0.05) is 18.0 Å². The molecule has 1 unspecified atom stereocenters. The molecule has 21 heavy (non-hydrogen) atoms. The molecule has 0 aliphatic carbocycles. The van der Waals surface area contributed by atoms with Gasteiger partial charge < -0.3 is 10.7 Å². The average molecular weight is 330 g/mol. The number of rotatable bonds is 5. The van der Waals surface area contributed by atoms with Gasteiger partial charge in [-0.3, -0.25) is 0 Å². The second-order valence-corrected chi connectivity index (χ2v) is 6.30.